The van der Waals surface area contributed by atoms with Crippen LogP contribution in [0.5, 0.6) is 0 Å². The van der Waals surface area contributed by atoms with Crippen molar-refractivity contribution in [3.63, 3.8) is 0 Å². The fraction of sp³-hybridized carbons (Fsp3) is 0.625. The minimum atomic E-state index is -3.27. The largest absolute Gasteiger partial charge is 0.384 e. The average molecular weight is 323 g/mol. The van der Waals surface area contributed by atoms with Gasteiger partial charge in [0.15, 0.2) is 0 Å². The molecule has 0 atom stereocenters. The zero-order valence-electron chi connectivity index (χ0n) is 13.1. The highest BCUT2D eigenvalue weighted by atomic mass is 32.2. The Morgan fingerprint density at radius 2 is 2.09 bits per heavy atom. The van der Waals surface area contributed by atoms with Crippen LogP contribution in [0.15, 0.2) is 18.2 Å². The first kappa shape index (κ1) is 15.6. The van der Waals surface area contributed by atoms with E-state index >= 15 is 0 Å². The van der Waals surface area contributed by atoms with E-state index in [9.17, 15) is 8.42 Å². The predicted molar refractivity (Wildman–Crippen MR) is 90.9 cm³/mol. The van der Waals surface area contributed by atoms with E-state index in [1.54, 1.807) is 0 Å². The quantitative estimate of drug-likeness (QED) is 0.871. The van der Waals surface area contributed by atoms with Crippen LogP contribution in [0.25, 0.3) is 0 Å². The number of hydrogen-bond donors (Lipinski definition) is 2. The first-order chi connectivity index (χ1) is 10.6. The lowest BCUT2D eigenvalue weighted by atomic mass is 9.99. The van der Waals surface area contributed by atoms with Gasteiger partial charge in [0.2, 0.25) is 10.0 Å². The summed E-state index contributed by atoms with van der Waals surface area (Å²) in [7, 11) is -3.27. The summed E-state index contributed by atoms with van der Waals surface area (Å²) >= 11 is 0. The molecule has 5 nitrogen and oxygen atoms in total. The van der Waals surface area contributed by atoms with Gasteiger partial charge in [-0.1, -0.05) is 13.0 Å². The lowest BCUT2D eigenvalue weighted by Crippen LogP contribution is -2.36. The summed E-state index contributed by atoms with van der Waals surface area (Å²) in [6, 6.07) is 5.77. The fourth-order valence-electron chi connectivity index (χ4n) is 3.36. The van der Waals surface area contributed by atoms with Gasteiger partial charge in [-0.3, -0.25) is 4.72 Å². The molecule has 0 unspecified atom stereocenters. The van der Waals surface area contributed by atoms with Gasteiger partial charge in [0, 0.05) is 12.2 Å². The molecule has 1 aromatic rings. The zero-order chi connectivity index (χ0) is 15.6. The number of piperidine rings is 1. The first-order valence-corrected chi connectivity index (χ1v) is 9.80. The van der Waals surface area contributed by atoms with E-state index in [1.807, 2.05) is 18.2 Å². The number of benzene rings is 1. The zero-order valence-corrected chi connectivity index (χ0v) is 14.0. The number of nitrogens with one attached hydrogen (secondary N) is 2. The Labute approximate surface area is 133 Å². The van der Waals surface area contributed by atoms with Crippen molar-refractivity contribution in [2.75, 3.05) is 42.0 Å². The molecule has 6 heteroatoms. The van der Waals surface area contributed by atoms with Crippen molar-refractivity contribution in [3.8, 4) is 0 Å². The minimum Gasteiger partial charge on any atom is -0.384 e. The molecule has 0 spiro atoms. The molecule has 2 N–H and O–H groups in total. The van der Waals surface area contributed by atoms with Crippen molar-refractivity contribution >= 4 is 21.4 Å². The van der Waals surface area contributed by atoms with E-state index in [1.165, 1.54) is 5.56 Å². The molecule has 1 saturated heterocycles. The second-order valence-corrected chi connectivity index (χ2v) is 8.08. The summed E-state index contributed by atoms with van der Waals surface area (Å²) < 4.78 is 27.5. The van der Waals surface area contributed by atoms with Crippen molar-refractivity contribution in [2.24, 2.45) is 5.92 Å². The molecular weight excluding hydrogens is 298 g/mol. The minimum absolute atomic E-state index is 0.231. The third-order valence-electron chi connectivity index (χ3n) is 4.70. The van der Waals surface area contributed by atoms with Gasteiger partial charge in [0.1, 0.15) is 0 Å². The average Bonchev–Trinajstić information content (AvgIpc) is 2.94. The van der Waals surface area contributed by atoms with E-state index in [-0.39, 0.29) is 11.7 Å². The van der Waals surface area contributed by atoms with Gasteiger partial charge in [-0.15, -0.1) is 0 Å². The molecule has 122 valence electrons. The van der Waals surface area contributed by atoms with Gasteiger partial charge in [0.05, 0.1) is 11.4 Å². The first-order valence-electron chi connectivity index (χ1n) is 8.15. The van der Waals surface area contributed by atoms with Crippen LogP contribution >= 0.6 is 0 Å². The maximum Gasteiger partial charge on any atom is 0.232 e. The molecular formula is C16H25N3O2S. The number of nitrogens with zero attached hydrogens (tertiary/aromatic N) is 1. The molecule has 1 aromatic carbocycles. The highest BCUT2D eigenvalue weighted by Crippen LogP contribution is 2.27. The second-order valence-electron chi connectivity index (χ2n) is 6.31. The van der Waals surface area contributed by atoms with Gasteiger partial charge in [0.25, 0.3) is 0 Å². The number of rotatable bonds is 5. The molecule has 0 amide bonds. The Bertz CT molecular complexity index is 622. The van der Waals surface area contributed by atoms with Crippen LogP contribution in [0.3, 0.4) is 0 Å². The molecule has 2 heterocycles. The van der Waals surface area contributed by atoms with Crippen molar-refractivity contribution in [1.82, 2.24) is 4.90 Å². The Hall–Kier alpha value is -1.27. The SMILES string of the molecule is CCN1CCC(CS(=O)(=O)Nc2ccc3c(c2)NCC3)CC1. The Kier molecular flexibility index (Phi) is 4.59. The highest BCUT2D eigenvalue weighted by molar-refractivity contribution is 7.92. The molecule has 1 fully saturated rings. The third-order valence-corrected chi connectivity index (χ3v) is 6.16. The van der Waals surface area contributed by atoms with Crippen LogP contribution in [0.2, 0.25) is 0 Å². The second kappa shape index (κ2) is 6.46. The van der Waals surface area contributed by atoms with Crippen LogP contribution in [0, 0.1) is 5.92 Å². The van der Waals surface area contributed by atoms with Crippen molar-refractivity contribution in [3.05, 3.63) is 23.8 Å². The molecule has 0 aromatic heterocycles. The Balaban J connectivity index is 1.59. The summed E-state index contributed by atoms with van der Waals surface area (Å²) in [4.78, 5) is 2.38. The smallest absolute Gasteiger partial charge is 0.232 e. The Morgan fingerprint density at radius 1 is 1.32 bits per heavy atom. The maximum absolute atomic E-state index is 12.4. The van der Waals surface area contributed by atoms with E-state index in [0.29, 0.717) is 5.69 Å². The molecule has 3 rings (SSSR count). The van der Waals surface area contributed by atoms with Gasteiger partial charge in [-0.2, -0.15) is 0 Å². The summed E-state index contributed by atoms with van der Waals surface area (Å²) in [5.41, 5.74) is 2.98. The van der Waals surface area contributed by atoms with E-state index in [0.717, 1.165) is 51.1 Å². The van der Waals surface area contributed by atoms with E-state index in [4.69, 9.17) is 0 Å². The van der Waals surface area contributed by atoms with Gasteiger partial charge in [-0.25, -0.2) is 8.42 Å². The topological polar surface area (TPSA) is 61.4 Å². The van der Waals surface area contributed by atoms with Crippen LogP contribution in [0.1, 0.15) is 25.3 Å². The van der Waals surface area contributed by atoms with E-state index < -0.39 is 10.0 Å². The molecule has 2 aliphatic heterocycles. The van der Waals surface area contributed by atoms with Crippen molar-refractivity contribution in [2.45, 2.75) is 26.2 Å². The highest BCUT2D eigenvalue weighted by Gasteiger charge is 2.24. The third kappa shape index (κ3) is 3.73. The van der Waals surface area contributed by atoms with Crippen LogP contribution in [-0.2, 0) is 16.4 Å². The van der Waals surface area contributed by atoms with E-state index in [2.05, 4.69) is 21.9 Å². The van der Waals surface area contributed by atoms with Crippen LogP contribution in [-0.4, -0.2) is 45.2 Å². The standard InChI is InChI=1S/C16H25N3O2S/c1-2-19-9-6-13(7-10-19)12-22(20,21)18-15-4-3-14-5-8-17-16(14)11-15/h3-4,11,13,17-18H,2,5-10,12H2,1H3. The van der Waals surface area contributed by atoms with Crippen molar-refractivity contribution in [1.29, 1.82) is 0 Å². The Morgan fingerprint density at radius 3 is 2.82 bits per heavy atom. The summed E-state index contributed by atoms with van der Waals surface area (Å²) in [6.45, 7) is 6.17. The van der Waals surface area contributed by atoms with Crippen LogP contribution in [0.4, 0.5) is 11.4 Å². The van der Waals surface area contributed by atoms with Crippen LogP contribution < -0.4 is 10.0 Å². The molecule has 0 radical (unpaired) electrons. The predicted octanol–water partition coefficient (Wildman–Crippen LogP) is 2.13. The lowest BCUT2D eigenvalue weighted by Gasteiger charge is -2.30. The normalized spacial score (nSPS) is 19.7. The number of hydrogen-bond acceptors (Lipinski definition) is 4. The number of likely N-dealkylation sites (tertiary alicyclic amines) is 1. The molecule has 0 bridgehead atoms. The summed E-state index contributed by atoms with van der Waals surface area (Å²) in [5.74, 6) is 0.502. The van der Waals surface area contributed by atoms with Gasteiger partial charge >= 0.3 is 0 Å². The molecule has 0 saturated carbocycles. The van der Waals surface area contributed by atoms with Gasteiger partial charge < -0.3 is 10.2 Å². The maximum atomic E-state index is 12.4. The summed E-state index contributed by atoms with van der Waals surface area (Å²) in [6.07, 6.45) is 2.96. The molecule has 2 aliphatic rings. The molecule has 0 aliphatic carbocycles. The lowest BCUT2D eigenvalue weighted by molar-refractivity contribution is 0.202. The fourth-order valence-corrected chi connectivity index (χ4v) is 4.88. The van der Waals surface area contributed by atoms with Crippen molar-refractivity contribution < 1.29 is 8.42 Å². The van der Waals surface area contributed by atoms with Gasteiger partial charge in [-0.05, 0) is 62.5 Å². The number of sulfonamides is 1. The number of anilines is 2. The monoisotopic (exact) mass is 323 g/mol. The summed E-state index contributed by atoms with van der Waals surface area (Å²) in [5, 5.41) is 3.28. The number of fused-ring (bicyclic) bond motifs is 1. The molecule has 22 heavy (non-hydrogen) atoms.